The zero-order valence-electron chi connectivity index (χ0n) is 9.09. The van der Waals surface area contributed by atoms with Gasteiger partial charge in [-0.1, -0.05) is 36.4 Å². The van der Waals surface area contributed by atoms with Crippen LogP contribution in [-0.2, 0) is 0 Å². The van der Waals surface area contributed by atoms with E-state index in [1.165, 1.54) is 0 Å². The monoisotopic (exact) mass is 211 g/mol. The Kier molecular flexibility index (Phi) is 2.96. The number of hydrogen-bond acceptors (Lipinski definition) is 2. The van der Waals surface area contributed by atoms with E-state index in [9.17, 15) is 0 Å². The van der Waals surface area contributed by atoms with Gasteiger partial charge in [0.15, 0.2) is 5.82 Å². The normalized spacial score (nSPS) is 11.4. The summed E-state index contributed by atoms with van der Waals surface area (Å²) in [5.41, 5.74) is 7.83. The molecule has 0 bridgehead atoms. The molecular weight excluding hydrogens is 198 g/mol. The minimum atomic E-state index is 0.488. The van der Waals surface area contributed by atoms with E-state index in [0.717, 1.165) is 11.1 Å². The number of pyridine rings is 1. The summed E-state index contributed by atoms with van der Waals surface area (Å²) in [5.74, 6) is 1.16. The average Bonchev–Trinajstić information content (AvgIpc) is 2.33. The Balaban J connectivity index is 2.36. The second-order valence-electron chi connectivity index (χ2n) is 3.51. The predicted molar refractivity (Wildman–Crippen MR) is 65.8 cm³/mol. The van der Waals surface area contributed by atoms with Crippen LogP contribution in [0.3, 0.4) is 0 Å². The van der Waals surface area contributed by atoms with Gasteiger partial charge in [-0.2, -0.15) is 0 Å². The van der Waals surface area contributed by atoms with Crippen molar-refractivity contribution >= 4 is 11.7 Å². The van der Waals surface area contributed by atoms with Gasteiger partial charge < -0.3 is 5.73 Å². The molecule has 0 spiro atoms. The van der Waals surface area contributed by atoms with Crippen molar-refractivity contribution in [1.29, 1.82) is 0 Å². The van der Waals surface area contributed by atoms with Crippen molar-refractivity contribution in [1.82, 2.24) is 4.98 Å². The van der Waals surface area contributed by atoms with Crippen molar-refractivity contribution in [2.45, 2.75) is 6.92 Å². The molecule has 0 amide bonds. The van der Waals surface area contributed by atoms with E-state index in [4.69, 9.17) is 5.73 Å². The van der Waals surface area contributed by atoms with E-state index in [1.807, 2.05) is 49.4 Å². The Morgan fingerprint density at radius 2 is 1.88 bits per heavy atom. The van der Waals surface area contributed by atoms with Gasteiger partial charge >= 0.3 is 0 Å². The lowest BCUT2D eigenvalue weighted by molar-refractivity contribution is 1.22. The van der Waals surface area contributed by atoms with Gasteiger partial charge in [0.2, 0.25) is 0 Å². The number of amidine groups is 1. The first-order chi connectivity index (χ1) is 7.77. The van der Waals surface area contributed by atoms with Crippen molar-refractivity contribution < 1.29 is 0 Å². The fourth-order valence-corrected chi connectivity index (χ4v) is 1.38. The number of hydrogen-bond donors (Lipinski definition) is 1. The van der Waals surface area contributed by atoms with Crippen molar-refractivity contribution in [3.63, 3.8) is 0 Å². The molecule has 0 radical (unpaired) electrons. The Bertz CT molecular complexity index is 504. The Hall–Kier alpha value is -2.16. The van der Waals surface area contributed by atoms with Gasteiger partial charge in [-0.3, -0.25) is 0 Å². The number of rotatable bonds is 2. The number of aromatic nitrogens is 1. The molecule has 3 heteroatoms. The summed E-state index contributed by atoms with van der Waals surface area (Å²) in [5, 5.41) is 0. The van der Waals surface area contributed by atoms with Crippen LogP contribution < -0.4 is 5.73 Å². The number of aliphatic imine (C=N–C) groups is 1. The molecule has 0 saturated heterocycles. The van der Waals surface area contributed by atoms with Crippen LogP contribution in [0.5, 0.6) is 0 Å². The van der Waals surface area contributed by atoms with E-state index in [-0.39, 0.29) is 0 Å². The highest BCUT2D eigenvalue weighted by atomic mass is 15.0. The predicted octanol–water partition coefficient (Wildman–Crippen LogP) is 2.43. The van der Waals surface area contributed by atoms with Gasteiger partial charge in [-0.25, -0.2) is 9.98 Å². The van der Waals surface area contributed by atoms with Crippen LogP contribution in [0, 0.1) is 6.92 Å². The maximum atomic E-state index is 5.91. The van der Waals surface area contributed by atoms with Crippen LogP contribution in [0.4, 0.5) is 5.82 Å². The first kappa shape index (κ1) is 10.4. The Labute approximate surface area is 94.7 Å². The molecular formula is C13H13N3. The lowest BCUT2D eigenvalue weighted by Gasteiger charge is -2.01. The summed E-state index contributed by atoms with van der Waals surface area (Å²) >= 11 is 0. The molecule has 0 unspecified atom stereocenters. The minimum Gasteiger partial charge on any atom is -0.383 e. The maximum absolute atomic E-state index is 5.91. The van der Waals surface area contributed by atoms with Crippen LogP contribution in [0.1, 0.15) is 11.1 Å². The van der Waals surface area contributed by atoms with Crippen LogP contribution >= 0.6 is 0 Å². The molecule has 0 fully saturated rings. The standard InChI is InChI=1S/C13H13N3/c1-10-6-5-9-15-13(10)16-12(14)11-7-3-2-4-8-11/h2-9H,1H3,(H2,14,15,16). The summed E-state index contributed by atoms with van der Waals surface area (Å²) < 4.78 is 0. The van der Waals surface area contributed by atoms with Crippen LogP contribution in [0.15, 0.2) is 53.7 Å². The van der Waals surface area contributed by atoms with Crippen LogP contribution in [0.25, 0.3) is 0 Å². The summed E-state index contributed by atoms with van der Waals surface area (Å²) in [6.45, 7) is 1.96. The second kappa shape index (κ2) is 4.57. The van der Waals surface area contributed by atoms with Crippen LogP contribution in [-0.4, -0.2) is 10.8 Å². The molecule has 16 heavy (non-hydrogen) atoms. The first-order valence-corrected chi connectivity index (χ1v) is 5.08. The van der Waals surface area contributed by atoms with Crippen molar-refractivity contribution in [3.05, 3.63) is 59.8 Å². The SMILES string of the molecule is Cc1cccnc1/N=C(\N)c1ccccc1. The highest BCUT2D eigenvalue weighted by Crippen LogP contribution is 2.14. The zero-order chi connectivity index (χ0) is 11.4. The van der Waals surface area contributed by atoms with Gasteiger partial charge in [-0.15, -0.1) is 0 Å². The molecule has 1 aromatic carbocycles. The number of nitrogens with two attached hydrogens (primary N) is 1. The summed E-state index contributed by atoms with van der Waals surface area (Å²) in [7, 11) is 0. The third-order valence-electron chi connectivity index (χ3n) is 2.28. The molecule has 0 aliphatic rings. The largest absolute Gasteiger partial charge is 0.383 e. The van der Waals surface area contributed by atoms with Gasteiger partial charge in [0.1, 0.15) is 5.84 Å². The smallest absolute Gasteiger partial charge is 0.157 e. The van der Waals surface area contributed by atoms with Gasteiger partial charge in [0, 0.05) is 11.8 Å². The van der Waals surface area contributed by atoms with E-state index in [1.54, 1.807) is 6.20 Å². The second-order valence-corrected chi connectivity index (χ2v) is 3.51. The molecule has 0 atom stereocenters. The van der Waals surface area contributed by atoms with E-state index < -0.39 is 0 Å². The molecule has 0 aliphatic carbocycles. The van der Waals surface area contributed by atoms with Gasteiger partial charge in [-0.05, 0) is 18.6 Å². The van der Waals surface area contributed by atoms with Crippen molar-refractivity contribution in [2.24, 2.45) is 10.7 Å². The third-order valence-corrected chi connectivity index (χ3v) is 2.28. The quantitative estimate of drug-likeness (QED) is 0.612. The summed E-state index contributed by atoms with van der Waals surface area (Å²) in [6.07, 6.45) is 1.71. The van der Waals surface area contributed by atoms with E-state index in [0.29, 0.717) is 11.7 Å². The molecule has 0 saturated carbocycles. The topological polar surface area (TPSA) is 51.3 Å². The molecule has 1 aromatic heterocycles. The lowest BCUT2D eigenvalue weighted by Crippen LogP contribution is -2.12. The van der Waals surface area contributed by atoms with Crippen molar-refractivity contribution in [2.75, 3.05) is 0 Å². The first-order valence-electron chi connectivity index (χ1n) is 5.08. The molecule has 2 aromatic rings. The zero-order valence-corrected chi connectivity index (χ0v) is 9.09. The van der Waals surface area contributed by atoms with Crippen LogP contribution in [0.2, 0.25) is 0 Å². The highest BCUT2D eigenvalue weighted by Gasteiger charge is 2.00. The number of nitrogens with zero attached hydrogens (tertiary/aromatic N) is 2. The molecule has 2 rings (SSSR count). The Morgan fingerprint density at radius 3 is 2.56 bits per heavy atom. The molecule has 3 nitrogen and oxygen atoms in total. The molecule has 2 N–H and O–H groups in total. The van der Waals surface area contributed by atoms with Gasteiger partial charge in [0.05, 0.1) is 0 Å². The number of benzene rings is 1. The molecule has 1 heterocycles. The number of aryl methyl sites for hydroxylation is 1. The van der Waals surface area contributed by atoms with E-state index in [2.05, 4.69) is 9.98 Å². The minimum absolute atomic E-state index is 0.488. The van der Waals surface area contributed by atoms with Gasteiger partial charge in [0.25, 0.3) is 0 Å². The molecule has 80 valence electrons. The fourth-order valence-electron chi connectivity index (χ4n) is 1.38. The van der Waals surface area contributed by atoms with E-state index >= 15 is 0 Å². The average molecular weight is 211 g/mol. The summed E-state index contributed by atoms with van der Waals surface area (Å²) in [4.78, 5) is 8.49. The Morgan fingerprint density at radius 1 is 1.12 bits per heavy atom. The highest BCUT2D eigenvalue weighted by molar-refractivity contribution is 5.98. The third kappa shape index (κ3) is 2.25. The van der Waals surface area contributed by atoms with Crippen molar-refractivity contribution in [3.8, 4) is 0 Å². The molecule has 0 aliphatic heterocycles. The fraction of sp³-hybridized carbons (Fsp3) is 0.0769. The summed E-state index contributed by atoms with van der Waals surface area (Å²) in [6, 6.07) is 13.5. The lowest BCUT2D eigenvalue weighted by atomic mass is 10.2. The maximum Gasteiger partial charge on any atom is 0.157 e.